The molecule has 9 heteroatoms. The number of hydrogen-bond acceptors (Lipinski definition) is 4. The van der Waals surface area contributed by atoms with Crippen LogP contribution in [0.2, 0.25) is 0 Å². The molecule has 0 aliphatic carbocycles. The summed E-state index contributed by atoms with van der Waals surface area (Å²) < 4.78 is 60.9. The lowest BCUT2D eigenvalue weighted by atomic mass is 10.5. The second kappa shape index (κ2) is 6.04. The SMILES string of the molecule is O=C(O)CCS(=O)(=O)CCOCC(F)(F)F. The summed E-state index contributed by atoms with van der Waals surface area (Å²) in [4.78, 5) is 10.1. The Labute approximate surface area is 90.1 Å². The molecule has 0 radical (unpaired) electrons. The summed E-state index contributed by atoms with van der Waals surface area (Å²) in [5.74, 6) is -2.49. The van der Waals surface area contributed by atoms with Crippen LogP contribution in [0.3, 0.4) is 0 Å². The molecular formula is C7H11F3O5S. The van der Waals surface area contributed by atoms with Gasteiger partial charge in [-0.15, -0.1) is 0 Å². The minimum Gasteiger partial charge on any atom is -0.481 e. The van der Waals surface area contributed by atoms with Gasteiger partial charge in [-0.2, -0.15) is 13.2 Å². The third-order valence-corrected chi connectivity index (χ3v) is 3.05. The Bertz CT molecular complexity index is 321. The molecule has 96 valence electrons. The molecule has 0 aliphatic heterocycles. The quantitative estimate of drug-likeness (QED) is 0.675. The molecule has 0 heterocycles. The highest BCUT2D eigenvalue weighted by Gasteiger charge is 2.27. The monoisotopic (exact) mass is 264 g/mol. The number of alkyl halides is 3. The van der Waals surface area contributed by atoms with Crippen molar-refractivity contribution < 1.29 is 36.2 Å². The highest BCUT2D eigenvalue weighted by molar-refractivity contribution is 7.91. The van der Waals surface area contributed by atoms with Crippen LogP contribution >= 0.6 is 0 Å². The van der Waals surface area contributed by atoms with Crippen molar-refractivity contribution >= 4 is 15.8 Å². The fraction of sp³-hybridized carbons (Fsp3) is 0.857. The van der Waals surface area contributed by atoms with Crippen molar-refractivity contribution in [1.82, 2.24) is 0 Å². The van der Waals surface area contributed by atoms with E-state index in [0.717, 1.165) is 0 Å². The van der Waals surface area contributed by atoms with Gasteiger partial charge in [0.1, 0.15) is 6.61 Å². The number of ether oxygens (including phenoxy) is 1. The van der Waals surface area contributed by atoms with Gasteiger partial charge in [0.25, 0.3) is 0 Å². The number of aliphatic carboxylic acids is 1. The summed E-state index contributed by atoms with van der Waals surface area (Å²) in [5.41, 5.74) is 0. The molecule has 0 spiro atoms. The Kier molecular flexibility index (Phi) is 5.73. The molecule has 0 aliphatic rings. The fourth-order valence-electron chi connectivity index (χ4n) is 0.719. The molecule has 0 aromatic carbocycles. The van der Waals surface area contributed by atoms with Crippen molar-refractivity contribution in [1.29, 1.82) is 0 Å². The van der Waals surface area contributed by atoms with E-state index in [1.807, 2.05) is 0 Å². The maximum atomic E-state index is 11.6. The molecule has 16 heavy (non-hydrogen) atoms. The Morgan fingerprint density at radius 1 is 1.25 bits per heavy atom. The lowest BCUT2D eigenvalue weighted by molar-refractivity contribution is -0.172. The van der Waals surface area contributed by atoms with Crippen LogP contribution in [0.1, 0.15) is 6.42 Å². The van der Waals surface area contributed by atoms with E-state index >= 15 is 0 Å². The second-order valence-electron chi connectivity index (χ2n) is 2.96. The van der Waals surface area contributed by atoms with E-state index in [1.165, 1.54) is 0 Å². The number of sulfone groups is 1. The molecule has 0 saturated heterocycles. The van der Waals surface area contributed by atoms with Crippen LogP contribution in [0.25, 0.3) is 0 Å². The molecule has 0 rings (SSSR count). The van der Waals surface area contributed by atoms with Crippen LogP contribution in [-0.2, 0) is 19.4 Å². The summed E-state index contributed by atoms with van der Waals surface area (Å²) in [6.07, 6.45) is -5.06. The zero-order chi connectivity index (χ0) is 12.8. The molecule has 0 amide bonds. The van der Waals surface area contributed by atoms with Gasteiger partial charge in [0.05, 0.1) is 24.5 Å². The van der Waals surface area contributed by atoms with Crippen LogP contribution in [0.15, 0.2) is 0 Å². The van der Waals surface area contributed by atoms with Crippen molar-refractivity contribution in [3.63, 3.8) is 0 Å². The van der Waals surface area contributed by atoms with Gasteiger partial charge in [0.15, 0.2) is 9.84 Å². The molecule has 0 aromatic heterocycles. The topological polar surface area (TPSA) is 80.7 Å². The van der Waals surface area contributed by atoms with Crippen LogP contribution in [-0.4, -0.2) is 50.4 Å². The molecular weight excluding hydrogens is 253 g/mol. The van der Waals surface area contributed by atoms with E-state index in [4.69, 9.17) is 5.11 Å². The minimum absolute atomic E-state index is 0.568. The number of rotatable bonds is 7. The predicted octanol–water partition coefficient (Wildman–Crippen LogP) is 0.455. The van der Waals surface area contributed by atoms with E-state index in [0.29, 0.717) is 0 Å². The van der Waals surface area contributed by atoms with Crippen LogP contribution in [0.5, 0.6) is 0 Å². The average Bonchev–Trinajstić information content (AvgIpc) is 2.08. The van der Waals surface area contributed by atoms with Crippen molar-refractivity contribution in [2.24, 2.45) is 0 Å². The summed E-state index contributed by atoms with van der Waals surface area (Å²) in [6.45, 7) is -2.11. The van der Waals surface area contributed by atoms with Crippen LogP contribution in [0, 0.1) is 0 Å². The lowest BCUT2D eigenvalue weighted by Gasteiger charge is -2.07. The third-order valence-electron chi connectivity index (χ3n) is 1.43. The Balaban J connectivity index is 3.79. The van der Waals surface area contributed by atoms with Crippen molar-refractivity contribution in [3.05, 3.63) is 0 Å². The number of carboxylic acid groups (broad SMARTS) is 1. The van der Waals surface area contributed by atoms with Gasteiger partial charge in [-0.3, -0.25) is 4.79 Å². The first-order valence-electron chi connectivity index (χ1n) is 4.19. The van der Waals surface area contributed by atoms with Gasteiger partial charge in [0.2, 0.25) is 0 Å². The van der Waals surface area contributed by atoms with Crippen molar-refractivity contribution in [2.45, 2.75) is 12.6 Å². The maximum absolute atomic E-state index is 11.6. The molecule has 0 bridgehead atoms. The highest BCUT2D eigenvalue weighted by Crippen LogP contribution is 2.14. The number of carbonyl (C=O) groups is 1. The standard InChI is InChI=1S/C7H11F3O5S/c8-7(9,10)5-15-2-4-16(13,14)3-1-6(11)12/h1-5H2,(H,11,12). The predicted molar refractivity (Wildman–Crippen MR) is 47.8 cm³/mol. The van der Waals surface area contributed by atoms with Crippen LogP contribution in [0.4, 0.5) is 13.2 Å². The Morgan fingerprint density at radius 3 is 2.25 bits per heavy atom. The van der Waals surface area contributed by atoms with E-state index < -0.39 is 53.1 Å². The first-order chi connectivity index (χ1) is 7.12. The maximum Gasteiger partial charge on any atom is 0.411 e. The zero-order valence-electron chi connectivity index (χ0n) is 8.16. The summed E-state index contributed by atoms with van der Waals surface area (Å²) in [7, 11) is -3.67. The van der Waals surface area contributed by atoms with Crippen LogP contribution < -0.4 is 0 Å². The molecule has 0 atom stereocenters. The van der Waals surface area contributed by atoms with E-state index in [1.54, 1.807) is 0 Å². The number of carboxylic acids is 1. The lowest BCUT2D eigenvalue weighted by Crippen LogP contribution is -2.22. The first-order valence-corrected chi connectivity index (χ1v) is 6.01. The van der Waals surface area contributed by atoms with E-state index in [-0.39, 0.29) is 0 Å². The molecule has 0 fully saturated rings. The Morgan fingerprint density at radius 2 is 1.81 bits per heavy atom. The highest BCUT2D eigenvalue weighted by atomic mass is 32.2. The number of hydrogen-bond donors (Lipinski definition) is 1. The molecule has 5 nitrogen and oxygen atoms in total. The van der Waals surface area contributed by atoms with Gasteiger partial charge in [-0.25, -0.2) is 8.42 Å². The second-order valence-corrected chi connectivity index (χ2v) is 5.27. The van der Waals surface area contributed by atoms with Crippen molar-refractivity contribution in [3.8, 4) is 0 Å². The third kappa shape index (κ3) is 9.71. The van der Waals surface area contributed by atoms with E-state index in [9.17, 15) is 26.4 Å². The van der Waals surface area contributed by atoms with Gasteiger partial charge in [0, 0.05) is 0 Å². The normalized spacial score (nSPS) is 12.7. The van der Waals surface area contributed by atoms with Crippen molar-refractivity contribution in [2.75, 3.05) is 24.7 Å². The summed E-state index contributed by atoms with van der Waals surface area (Å²) >= 11 is 0. The number of halogens is 3. The average molecular weight is 264 g/mol. The fourth-order valence-corrected chi connectivity index (χ4v) is 1.78. The minimum atomic E-state index is -4.50. The summed E-state index contributed by atoms with van der Waals surface area (Å²) in [5, 5.41) is 8.21. The first kappa shape index (κ1) is 15.2. The van der Waals surface area contributed by atoms with E-state index in [2.05, 4.69) is 4.74 Å². The molecule has 0 aromatic rings. The smallest absolute Gasteiger partial charge is 0.411 e. The molecule has 0 saturated carbocycles. The summed E-state index contributed by atoms with van der Waals surface area (Å²) in [6, 6.07) is 0. The van der Waals surface area contributed by atoms with Gasteiger partial charge >= 0.3 is 12.1 Å². The van der Waals surface area contributed by atoms with Gasteiger partial charge in [-0.1, -0.05) is 0 Å². The Hall–Kier alpha value is -0.830. The van der Waals surface area contributed by atoms with Gasteiger partial charge in [-0.05, 0) is 0 Å². The molecule has 1 N–H and O–H groups in total. The molecule has 0 unspecified atom stereocenters. The zero-order valence-corrected chi connectivity index (χ0v) is 8.97. The van der Waals surface area contributed by atoms with Gasteiger partial charge < -0.3 is 9.84 Å². The largest absolute Gasteiger partial charge is 0.481 e.